The molecular formula is C40H38F2N8O2S. The number of imidazole rings is 1. The minimum Gasteiger partial charge on any atom is -0.494 e. The first-order valence-electron chi connectivity index (χ1n) is 17.6. The Kier molecular flexibility index (Phi) is 9.92. The van der Waals surface area contributed by atoms with Crippen LogP contribution < -0.4 is 20.3 Å². The van der Waals surface area contributed by atoms with E-state index in [-0.39, 0.29) is 5.56 Å². The zero-order chi connectivity index (χ0) is 36.3. The second-order valence-electron chi connectivity index (χ2n) is 13.0. The second kappa shape index (κ2) is 15.2. The van der Waals surface area contributed by atoms with Gasteiger partial charge < -0.3 is 20.3 Å². The number of thioether (sulfide) groups is 1. The van der Waals surface area contributed by atoms with Crippen LogP contribution in [0.3, 0.4) is 0 Å². The first kappa shape index (κ1) is 34.6. The number of para-hydroxylation sites is 1. The van der Waals surface area contributed by atoms with E-state index in [1.165, 1.54) is 30.7 Å². The van der Waals surface area contributed by atoms with Gasteiger partial charge in [0.1, 0.15) is 28.7 Å². The summed E-state index contributed by atoms with van der Waals surface area (Å²) in [5.74, 6) is 1.14. The first-order valence-corrected chi connectivity index (χ1v) is 18.8. The van der Waals surface area contributed by atoms with Crippen molar-refractivity contribution in [2.45, 2.75) is 18.9 Å². The van der Waals surface area contributed by atoms with Gasteiger partial charge in [0.05, 0.1) is 29.9 Å². The van der Waals surface area contributed by atoms with Gasteiger partial charge in [-0.25, -0.2) is 23.7 Å². The van der Waals surface area contributed by atoms with E-state index in [0.29, 0.717) is 46.0 Å². The second-order valence-corrected chi connectivity index (χ2v) is 14.2. The lowest BCUT2D eigenvalue weighted by Crippen LogP contribution is -2.47. The maximum Gasteiger partial charge on any atom is 0.255 e. The summed E-state index contributed by atoms with van der Waals surface area (Å²) >= 11 is 2.05. The highest BCUT2D eigenvalue weighted by Crippen LogP contribution is 2.36. The molecule has 0 unspecified atom stereocenters. The van der Waals surface area contributed by atoms with Crippen LogP contribution in [0.2, 0.25) is 0 Å². The van der Waals surface area contributed by atoms with Crippen LogP contribution in [0.1, 0.15) is 23.2 Å². The third-order valence-electron chi connectivity index (χ3n) is 9.85. The smallest absolute Gasteiger partial charge is 0.255 e. The van der Waals surface area contributed by atoms with Gasteiger partial charge in [-0.05, 0) is 67.4 Å². The van der Waals surface area contributed by atoms with Gasteiger partial charge in [-0.1, -0.05) is 24.3 Å². The van der Waals surface area contributed by atoms with E-state index in [4.69, 9.17) is 14.7 Å². The van der Waals surface area contributed by atoms with Gasteiger partial charge in [0.15, 0.2) is 0 Å². The van der Waals surface area contributed by atoms with Gasteiger partial charge in [-0.3, -0.25) is 14.1 Å². The Balaban J connectivity index is 1.05. The largest absolute Gasteiger partial charge is 0.494 e. The molecule has 0 saturated carbocycles. The lowest BCUT2D eigenvalue weighted by molar-refractivity contribution is 0.102. The molecule has 0 radical (unpaired) electrons. The summed E-state index contributed by atoms with van der Waals surface area (Å²) in [7, 11) is 1.66. The number of hydrogen-bond acceptors (Lipinski definition) is 9. The molecule has 53 heavy (non-hydrogen) atoms. The lowest BCUT2D eigenvalue weighted by atomic mass is 10.0. The number of carbonyl (C=O) groups excluding carboxylic acids is 1. The van der Waals surface area contributed by atoms with Crippen molar-refractivity contribution in [1.29, 1.82) is 0 Å². The number of ether oxygens (including phenoxy) is 1. The Labute approximate surface area is 310 Å². The van der Waals surface area contributed by atoms with Crippen molar-refractivity contribution in [3.63, 3.8) is 0 Å². The van der Waals surface area contributed by atoms with Crippen LogP contribution in [0.5, 0.6) is 5.75 Å². The summed E-state index contributed by atoms with van der Waals surface area (Å²) in [6.45, 7) is 4.40. The predicted octanol–water partition coefficient (Wildman–Crippen LogP) is 7.76. The Bertz CT molecular complexity index is 2250. The van der Waals surface area contributed by atoms with Crippen molar-refractivity contribution in [2.24, 2.45) is 0 Å². The lowest BCUT2D eigenvalue weighted by Gasteiger charge is -2.40. The standard InChI is InChI=1S/C40H38F2N8O2S/c1-52-34-25-29(48-18-14-28(15-19-48)49-20-22-53-23-21-49)11-12-32(34)44-40-43-16-13-33(45-40)38-36(46-35-10-2-3-17-50(35)38)26-6-4-7-27(24-26)39(51)47-37-30(41)8-5-9-31(37)42/h2-13,16-17,24-25,28H,14-15,18-23H2,1H3,(H,47,51)(H,43,44,45). The fraction of sp³-hybridized carbons (Fsp3) is 0.250. The van der Waals surface area contributed by atoms with E-state index in [1.807, 2.05) is 40.9 Å². The van der Waals surface area contributed by atoms with Gasteiger partial charge in [0.2, 0.25) is 5.95 Å². The normalized spacial score (nSPS) is 15.4. The minimum atomic E-state index is -0.860. The highest BCUT2D eigenvalue weighted by atomic mass is 32.2. The molecule has 3 aromatic carbocycles. The molecule has 3 aromatic heterocycles. The molecule has 1 amide bonds. The van der Waals surface area contributed by atoms with Crippen LogP contribution in [0.25, 0.3) is 28.3 Å². The molecule has 270 valence electrons. The van der Waals surface area contributed by atoms with Crippen molar-refractivity contribution in [2.75, 3.05) is 60.3 Å². The fourth-order valence-electron chi connectivity index (χ4n) is 7.14. The fourth-order valence-corrected chi connectivity index (χ4v) is 8.07. The zero-order valence-corrected chi connectivity index (χ0v) is 30.0. The number of pyridine rings is 1. The molecule has 2 fully saturated rings. The van der Waals surface area contributed by atoms with Crippen LogP contribution in [0.4, 0.5) is 31.8 Å². The van der Waals surface area contributed by atoms with Gasteiger partial charge in [-0.15, -0.1) is 0 Å². The molecule has 8 rings (SSSR count). The summed E-state index contributed by atoms with van der Waals surface area (Å²) in [6, 6.07) is 24.5. The number of rotatable bonds is 9. The topological polar surface area (TPSA) is 99.9 Å². The number of nitrogens with one attached hydrogen (secondary N) is 2. The average molecular weight is 733 g/mol. The van der Waals surface area contributed by atoms with E-state index in [0.717, 1.165) is 49.4 Å². The van der Waals surface area contributed by atoms with Crippen molar-refractivity contribution in [3.05, 3.63) is 115 Å². The monoisotopic (exact) mass is 732 g/mol. The summed E-state index contributed by atoms with van der Waals surface area (Å²) in [5.41, 5.74) is 4.69. The number of nitrogens with zero attached hydrogens (tertiary/aromatic N) is 6. The number of fused-ring (bicyclic) bond motifs is 1. The van der Waals surface area contributed by atoms with Crippen LogP contribution in [0.15, 0.2) is 97.3 Å². The molecule has 6 aromatic rings. The number of aromatic nitrogens is 4. The van der Waals surface area contributed by atoms with Gasteiger partial charge in [0, 0.05) is 79.0 Å². The predicted molar refractivity (Wildman–Crippen MR) is 206 cm³/mol. The van der Waals surface area contributed by atoms with E-state index in [2.05, 4.69) is 49.3 Å². The van der Waals surface area contributed by atoms with Gasteiger partial charge in [-0.2, -0.15) is 11.8 Å². The number of benzene rings is 3. The molecule has 2 aliphatic rings. The Morgan fingerprint density at radius 1 is 0.887 bits per heavy atom. The van der Waals surface area contributed by atoms with E-state index in [9.17, 15) is 13.6 Å². The van der Waals surface area contributed by atoms with E-state index < -0.39 is 23.2 Å². The summed E-state index contributed by atoms with van der Waals surface area (Å²) < 4.78 is 36.4. The van der Waals surface area contributed by atoms with Crippen LogP contribution in [0, 0.1) is 11.6 Å². The number of piperidine rings is 1. The summed E-state index contributed by atoms with van der Waals surface area (Å²) in [5, 5.41) is 5.71. The van der Waals surface area contributed by atoms with Crippen molar-refractivity contribution in [3.8, 4) is 28.4 Å². The van der Waals surface area contributed by atoms with Crippen molar-refractivity contribution < 1.29 is 18.3 Å². The van der Waals surface area contributed by atoms with Crippen molar-refractivity contribution in [1.82, 2.24) is 24.3 Å². The highest BCUT2D eigenvalue weighted by molar-refractivity contribution is 7.99. The molecule has 0 bridgehead atoms. The average Bonchev–Trinajstić information content (AvgIpc) is 3.60. The van der Waals surface area contributed by atoms with Crippen LogP contribution >= 0.6 is 11.8 Å². The van der Waals surface area contributed by atoms with Crippen LogP contribution in [-0.2, 0) is 0 Å². The molecule has 0 spiro atoms. The first-order chi connectivity index (χ1) is 25.9. The highest BCUT2D eigenvalue weighted by Gasteiger charge is 2.26. The summed E-state index contributed by atoms with van der Waals surface area (Å²) in [4.78, 5) is 32.6. The third kappa shape index (κ3) is 7.26. The molecule has 0 atom stereocenters. The molecule has 13 heteroatoms. The van der Waals surface area contributed by atoms with E-state index in [1.54, 1.807) is 37.6 Å². The Morgan fingerprint density at radius 2 is 1.68 bits per heavy atom. The quantitative estimate of drug-likeness (QED) is 0.155. The maximum atomic E-state index is 14.3. The maximum absolute atomic E-state index is 14.3. The molecule has 2 aliphatic heterocycles. The van der Waals surface area contributed by atoms with E-state index >= 15 is 0 Å². The number of anilines is 4. The number of hydrogen-bond donors (Lipinski definition) is 2. The Hall–Kier alpha value is -5.53. The number of methoxy groups -OCH3 is 1. The van der Waals surface area contributed by atoms with Crippen molar-refractivity contribution >= 4 is 46.3 Å². The molecule has 2 saturated heterocycles. The number of amides is 1. The number of carbonyl (C=O) groups is 1. The minimum absolute atomic E-state index is 0.208. The van der Waals surface area contributed by atoms with Gasteiger partial charge in [0.25, 0.3) is 5.91 Å². The summed E-state index contributed by atoms with van der Waals surface area (Å²) in [6.07, 6.45) is 5.88. The molecule has 0 aliphatic carbocycles. The van der Waals surface area contributed by atoms with Gasteiger partial charge >= 0.3 is 0 Å². The third-order valence-corrected chi connectivity index (χ3v) is 10.8. The molecule has 2 N–H and O–H groups in total. The Morgan fingerprint density at radius 3 is 2.47 bits per heavy atom. The number of halogens is 2. The molecular weight excluding hydrogens is 695 g/mol. The zero-order valence-electron chi connectivity index (χ0n) is 29.1. The molecule has 5 heterocycles. The SMILES string of the molecule is COc1cc(N2CCC(N3CCSCC3)CC2)ccc1Nc1nccc(-c2c(-c3cccc(C(=O)Nc4c(F)cccc4F)c3)nc3ccccn23)n1. The van der Waals surface area contributed by atoms with Crippen LogP contribution in [-0.4, -0.2) is 81.0 Å². The molecule has 10 nitrogen and oxygen atoms in total.